The molecule has 0 aliphatic carbocycles. The summed E-state index contributed by atoms with van der Waals surface area (Å²) in [6.07, 6.45) is -8.22. The fourth-order valence-corrected chi connectivity index (χ4v) is 2.60. The predicted molar refractivity (Wildman–Crippen MR) is 73.6 cm³/mol. The molecule has 0 heterocycles. The van der Waals surface area contributed by atoms with Crippen LogP contribution in [0.4, 0.5) is 110 Å². The number of hydrogen-bond donors (Lipinski definition) is 1. The van der Waals surface area contributed by atoms with Crippen molar-refractivity contribution in [2.45, 2.75) is 70.7 Å². The van der Waals surface area contributed by atoms with Gasteiger partial charge in [0.15, 0.2) is 0 Å². The topological polar surface area (TPSA) is 60.2 Å². The fraction of sp³-hybridized carbons (Fsp3) is 1.00. The summed E-state index contributed by atoms with van der Waals surface area (Å²) in [5.41, 5.74) is 0. The Labute approximate surface area is 205 Å². The van der Waals surface area contributed by atoms with Crippen LogP contribution in [0.3, 0.4) is 0 Å². The summed E-state index contributed by atoms with van der Waals surface area (Å²) in [5.74, 6) is -93.5. The van der Waals surface area contributed by atoms with Gasteiger partial charge in [-0.3, -0.25) is 0 Å². The third-order valence-corrected chi connectivity index (χ3v) is 5.60. The van der Waals surface area contributed by atoms with Crippen molar-refractivity contribution < 1.29 is 118 Å². The van der Waals surface area contributed by atoms with E-state index in [4.69, 9.17) is 0 Å². The summed E-state index contributed by atoms with van der Waals surface area (Å²) < 4.78 is 348. The minimum absolute atomic E-state index is 3.23. The van der Waals surface area contributed by atoms with Gasteiger partial charge in [0.25, 0.3) is 10.0 Å². The van der Waals surface area contributed by atoms with Crippen LogP contribution in [0.2, 0.25) is 0 Å². The third kappa shape index (κ3) is 4.43. The summed E-state index contributed by atoms with van der Waals surface area (Å²) in [5, 5.41) is -4.77. The Kier molecular flexibility index (Phi) is 8.68. The van der Waals surface area contributed by atoms with Crippen LogP contribution in [0, 0.1) is 0 Å². The van der Waals surface area contributed by atoms with Crippen LogP contribution in [-0.2, 0) is 10.0 Å². The van der Waals surface area contributed by atoms with Gasteiger partial charge < -0.3 is 0 Å². The molecular weight excluding hydrogens is 697 g/mol. The van der Waals surface area contributed by atoms with Crippen LogP contribution in [0.15, 0.2) is 0 Å². The average Bonchev–Trinajstić information content (AvgIpc) is 2.70. The van der Waals surface area contributed by atoms with E-state index >= 15 is 0 Å². The third-order valence-electron chi connectivity index (χ3n) is 4.63. The molecule has 0 amide bonds. The number of halogens is 25. The van der Waals surface area contributed by atoms with Crippen LogP contribution in [0.25, 0.3) is 0 Å². The Morgan fingerprint density at radius 3 is 0.585 bits per heavy atom. The predicted octanol–water partition coefficient (Wildman–Crippen LogP) is 6.78. The lowest BCUT2D eigenvalue weighted by Gasteiger charge is -2.45. The molecule has 0 spiro atoms. The number of primary sulfonamides is 1. The Hall–Kier alpha value is -1.84. The first-order valence-electron chi connectivity index (χ1n) is 8.25. The van der Waals surface area contributed by atoms with Gasteiger partial charge in [-0.05, 0) is 0 Å². The first kappa shape index (κ1) is 39.2. The van der Waals surface area contributed by atoms with Crippen molar-refractivity contribution in [1.29, 1.82) is 0 Å². The molecule has 0 unspecified atom stereocenters. The molecular formula is C12H2F25NO2S. The zero-order chi connectivity index (χ0) is 34.5. The number of nitrogens with two attached hydrogens (primary N) is 1. The molecule has 0 bridgehead atoms. The van der Waals surface area contributed by atoms with Crippen molar-refractivity contribution in [1.82, 2.24) is 0 Å². The van der Waals surface area contributed by atoms with E-state index in [1.54, 1.807) is 0 Å². The molecule has 0 aliphatic rings. The quantitative estimate of drug-likeness (QED) is 0.242. The lowest BCUT2D eigenvalue weighted by Crippen LogP contribution is -2.78. The van der Waals surface area contributed by atoms with E-state index in [0.29, 0.717) is 0 Å². The van der Waals surface area contributed by atoms with Crippen LogP contribution in [0.5, 0.6) is 0 Å². The molecule has 29 heteroatoms. The van der Waals surface area contributed by atoms with E-state index in [2.05, 4.69) is 5.14 Å². The SMILES string of the molecule is NS(=O)(=O)C(F)(F)C(F)(F)C(F)(F)C(F)(F)C(F)(F)C(F)(F)C(F)(F)C(F)(F)C(F)(F)C(F)(F)C(F)(F)C(F)(F)F. The van der Waals surface area contributed by atoms with Crippen molar-refractivity contribution in [3.05, 3.63) is 0 Å². The molecule has 0 saturated heterocycles. The number of hydrogen-bond acceptors (Lipinski definition) is 2. The van der Waals surface area contributed by atoms with Crippen molar-refractivity contribution in [2.24, 2.45) is 5.14 Å². The van der Waals surface area contributed by atoms with Crippen molar-refractivity contribution in [3.8, 4) is 0 Å². The van der Waals surface area contributed by atoms with Gasteiger partial charge in [-0.25, -0.2) is 13.6 Å². The zero-order valence-electron chi connectivity index (χ0n) is 17.3. The first-order chi connectivity index (χ1) is 17.0. The Morgan fingerprint density at radius 1 is 0.293 bits per heavy atom. The van der Waals surface area contributed by atoms with Gasteiger partial charge in [0.05, 0.1) is 0 Å². The van der Waals surface area contributed by atoms with Gasteiger partial charge >= 0.3 is 70.7 Å². The largest absolute Gasteiger partial charge is 0.460 e. The molecule has 0 aliphatic heterocycles. The maximum absolute atomic E-state index is 13.5. The minimum atomic E-state index is -9.73. The molecule has 3 nitrogen and oxygen atoms in total. The summed E-state index contributed by atoms with van der Waals surface area (Å²) in [4.78, 5) is 0. The van der Waals surface area contributed by atoms with Crippen molar-refractivity contribution in [2.75, 3.05) is 0 Å². The molecule has 0 saturated carbocycles. The normalized spacial score (nSPS) is 17.2. The van der Waals surface area contributed by atoms with E-state index in [-0.39, 0.29) is 0 Å². The van der Waals surface area contributed by atoms with E-state index < -0.39 is 80.7 Å². The van der Waals surface area contributed by atoms with Crippen LogP contribution >= 0.6 is 0 Å². The highest BCUT2D eigenvalue weighted by Gasteiger charge is 3.00. The minimum Gasteiger partial charge on any atom is -0.223 e. The first-order valence-corrected chi connectivity index (χ1v) is 9.79. The van der Waals surface area contributed by atoms with Gasteiger partial charge in [-0.2, -0.15) is 110 Å². The highest BCUT2D eigenvalue weighted by Crippen LogP contribution is 2.67. The van der Waals surface area contributed by atoms with Crippen LogP contribution < -0.4 is 5.14 Å². The molecule has 0 rings (SSSR count). The van der Waals surface area contributed by atoms with Gasteiger partial charge in [-0.15, -0.1) is 0 Å². The fourth-order valence-electron chi connectivity index (χ4n) is 2.12. The Bertz CT molecular complexity index is 1100. The van der Waals surface area contributed by atoms with Crippen LogP contribution in [0.1, 0.15) is 0 Å². The zero-order valence-corrected chi connectivity index (χ0v) is 18.1. The maximum Gasteiger partial charge on any atom is 0.460 e. The van der Waals surface area contributed by atoms with E-state index in [1.807, 2.05) is 0 Å². The lowest BCUT2D eigenvalue weighted by atomic mass is 9.85. The molecule has 41 heavy (non-hydrogen) atoms. The maximum atomic E-state index is 13.5. The van der Waals surface area contributed by atoms with E-state index in [1.165, 1.54) is 0 Å². The second-order valence-electron chi connectivity index (χ2n) is 7.30. The van der Waals surface area contributed by atoms with E-state index in [9.17, 15) is 118 Å². The summed E-state index contributed by atoms with van der Waals surface area (Å²) in [6.45, 7) is 0. The number of rotatable bonds is 11. The molecule has 0 aromatic rings. The highest BCUT2D eigenvalue weighted by atomic mass is 32.2. The molecule has 0 fully saturated rings. The summed E-state index contributed by atoms with van der Waals surface area (Å²) >= 11 is 0. The Morgan fingerprint density at radius 2 is 0.439 bits per heavy atom. The highest BCUT2D eigenvalue weighted by molar-refractivity contribution is 7.90. The van der Waals surface area contributed by atoms with Crippen LogP contribution in [-0.4, -0.2) is 79.1 Å². The standard InChI is InChI=1S/C12H2F25NO2S/c13-1(14,3(17,18)5(21,22)7(25,26)9(29,30)11(33,34)35)2(15,16)4(19,20)6(23,24)8(27,28)10(31,32)12(36,37)41(38,39)40/h(H2,38,39,40). The number of sulfonamides is 1. The van der Waals surface area contributed by atoms with Gasteiger partial charge in [-0.1, -0.05) is 0 Å². The monoisotopic (exact) mass is 699 g/mol. The lowest BCUT2D eigenvalue weighted by molar-refractivity contribution is -0.480. The summed E-state index contributed by atoms with van der Waals surface area (Å²) in [6, 6.07) is 0. The average molecular weight is 699 g/mol. The smallest absolute Gasteiger partial charge is 0.223 e. The Balaban J connectivity index is 7.45. The molecule has 248 valence electrons. The summed E-state index contributed by atoms with van der Waals surface area (Å²) in [7, 11) is -7.74. The molecule has 0 atom stereocenters. The molecule has 0 radical (unpaired) electrons. The second-order valence-corrected chi connectivity index (χ2v) is 8.91. The van der Waals surface area contributed by atoms with Gasteiger partial charge in [0.1, 0.15) is 0 Å². The second kappa shape index (κ2) is 9.08. The molecule has 2 N–H and O–H groups in total. The van der Waals surface area contributed by atoms with Crippen molar-refractivity contribution >= 4 is 10.0 Å². The van der Waals surface area contributed by atoms with Gasteiger partial charge in [0, 0.05) is 0 Å². The molecule has 0 aromatic carbocycles. The van der Waals surface area contributed by atoms with Crippen molar-refractivity contribution in [3.63, 3.8) is 0 Å². The van der Waals surface area contributed by atoms with E-state index in [0.717, 1.165) is 0 Å². The molecule has 0 aromatic heterocycles. The number of alkyl halides is 25. The van der Waals surface area contributed by atoms with Gasteiger partial charge in [0.2, 0.25) is 0 Å².